The fourth-order valence-corrected chi connectivity index (χ4v) is 5.80. The second kappa shape index (κ2) is 5.86. The summed E-state index contributed by atoms with van der Waals surface area (Å²) in [6, 6.07) is 0. The molecule has 7 heteroatoms. The van der Waals surface area contributed by atoms with Crippen molar-refractivity contribution in [3.05, 3.63) is 22.5 Å². The Labute approximate surface area is 140 Å². The minimum Gasteiger partial charge on any atom is -0.354 e. The van der Waals surface area contributed by atoms with Crippen LogP contribution in [0.5, 0.6) is 0 Å². The molecule has 1 amide bonds. The van der Waals surface area contributed by atoms with Gasteiger partial charge in [0.1, 0.15) is 18.9 Å². The lowest BCUT2D eigenvalue weighted by molar-refractivity contribution is -0.385. The first kappa shape index (κ1) is 15.6. The predicted octanol–water partition coefficient (Wildman–Crippen LogP) is 2.51. The van der Waals surface area contributed by atoms with E-state index >= 15 is 0 Å². The molecule has 7 nitrogen and oxygen atoms in total. The van der Waals surface area contributed by atoms with Gasteiger partial charge in [-0.2, -0.15) is 5.10 Å². The first-order chi connectivity index (χ1) is 11.5. The molecule has 1 aromatic heterocycles. The molecule has 0 aromatic carbocycles. The highest BCUT2D eigenvalue weighted by Crippen LogP contribution is 2.61. The van der Waals surface area contributed by atoms with Crippen LogP contribution in [0.1, 0.15) is 44.9 Å². The first-order valence-corrected chi connectivity index (χ1v) is 8.95. The number of hydrogen-bond donors (Lipinski definition) is 1. The second-order valence-electron chi connectivity index (χ2n) is 8.17. The van der Waals surface area contributed by atoms with Crippen molar-refractivity contribution in [1.82, 2.24) is 15.1 Å². The van der Waals surface area contributed by atoms with Gasteiger partial charge in [-0.15, -0.1) is 0 Å². The Hall–Kier alpha value is -1.92. The Balaban J connectivity index is 1.26. The van der Waals surface area contributed by atoms with Crippen molar-refractivity contribution in [2.75, 3.05) is 6.54 Å². The summed E-state index contributed by atoms with van der Waals surface area (Å²) in [6.07, 6.45) is 11.9. The van der Waals surface area contributed by atoms with Crippen molar-refractivity contribution < 1.29 is 9.72 Å². The largest absolute Gasteiger partial charge is 0.354 e. The summed E-state index contributed by atoms with van der Waals surface area (Å²) in [7, 11) is 0. The maximum absolute atomic E-state index is 12.0. The van der Waals surface area contributed by atoms with E-state index in [1.807, 2.05) is 0 Å². The van der Waals surface area contributed by atoms with Crippen LogP contribution < -0.4 is 5.32 Å². The molecule has 0 atom stereocenters. The van der Waals surface area contributed by atoms with Crippen LogP contribution in [0.4, 0.5) is 5.69 Å². The molecule has 0 unspecified atom stereocenters. The summed E-state index contributed by atoms with van der Waals surface area (Å²) in [6.45, 7) is 0.739. The smallest absolute Gasteiger partial charge is 0.307 e. The molecule has 4 bridgehead atoms. The van der Waals surface area contributed by atoms with Gasteiger partial charge in [0.05, 0.1) is 4.92 Å². The van der Waals surface area contributed by atoms with Crippen molar-refractivity contribution in [3.63, 3.8) is 0 Å². The molecule has 24 heavy (non-hydrogen) atoms. The number of nitrogens with one attached hydrogen (secondary N) is 1. The molecule has 1 aromatic rings. The molecule has 0 spiro atoms. The van der Waals surface area contributed by atoms with Crippen molar-refractivity contribution in [2.24, 2.45) is 23.2 Å². The fraction of sp³-hybridized carbons (Fsp3) is 0.765. The summed E-state index contributed by atoms with van der Waals surface area (Å²) < 4.78 is 1.32. The number of aromatic nitrogens is 2. The topological polar surface area (TPSA) is 90.1 Å². The Morgan fingerprint density at radius 3 is 2.46 bits per heavy atom. The van der Waals surface area contributed by atoms with Gasteiger partial charge in [0, 0.05) is 6.54 Å². The molecule has 4 aliphatic rings. The van der Waals surface area contributed by atoms with Gasteiger partial charge in [-0.25, -0.2) is 0 Å². The molecule has 0 saturated heterocycles. The third kappa shape index (κ3) is 3.03. The van der Waals surface area contributed by atoms with E-state index in [0.717, 1.165) is 24.2 Å². The van der Waals surface area contributed by atoms with E-state index in [2.05, 4.69) is 10.4 Å². The summed E-state index contributed by atoms with van der Waals surface area (Å²) in [5.74, 6) is 2.66. The average Bonchev–Trinajstić information content (AvgIpc) is 2.94. The number of nitro groups is 1. The van der Waals surface area contributed by atoms with Gasteiger partial charge in [0.25, 0.3) is 0 Å². The highest BCUT2D eigenvalue weighted by atomic mass is 16.6. The minimum atomic E-state index is -0.506. The second-order valence-corrected chi connectivity index (χ2v) is 8.17. The molecule has 4 saturated carbocycles. The lowest BCUT2D eigenvalue weighted by Gasteiger charge is -2.57. The number of amides is 1. The third-order valence-electron chi connectivity index (χ3n) is 6.28. The SMILES string of the molecule is O=C(Cn1cc([N+](=O)[O-])cn1)NCCC12CC3CC(CC(C3)C1)C2. The maximum atomic E-state index is 12.0. The van der Waals surface area contributed by atoms with Gasteiger partial charge in [0.15, 0.2) is 0 Å². The van der Waals surface area contributed by atoms with Gasteiger partial charge in [-0.1, -0.05) is 0 Å². The highest BCUT2D eigenvalue weighted by Gasteiger charge is 2.50. The maximum Gasteiger partial charge on any atom is 0.307 e. The Morgan fingerprint density at radius 1 is 1.29 bits per heavy atom. The molecule has 4 fully saturated rings. The molecule has 4 aliphatic carbocycles. The van der Waals surface area contributed by atoms with Gasteiger partial charge in [0.2, 0.25) is 5.91 Å². The van der Waals surface area contributed by atoms with Crippen LogP contribution in [0.3, 0.4) is 0 Å². The molecule has 0 aliphatic heterocycles. The molecule has 1 N–H and O–H groups in total. The van der Waals surface area contributed by atoms with E-state index < -0.39 is 4.92 Å². The van der Waals surface area contributed by atoms with Crippen LogP contribution in [0.15, 0.2) is 12.4 Å². The van der Waals surface area contributed by atoms with Crippen molar-refractivity contribution >= 4 is 11.6 Å². The van der Waals surface area contributed by atoms with Crippen LogP contribution in [-0.4, -0.2) is 27.2 Å². The van der Waals surface area contributed by atoms with E-state index in [1.165, 1.54) is 55.6 Å². The zero-order valence-corrected chi connectivity index (χ0v) is 13.8. The average molecular weight is 332 g/mol. The normalized spacial score (nSPS) is 33.6. The van der Waals surface area contributed by atoms with Crippen LogP contribution in [0.2, 0.25) is 0 Å². The Bertz CT molecular complexity index is 619. The molecule has 5 rings (SSSR count). The number of carbonyl (C=O) groups excluding carboxylic acids is 1. The Kier molecular flexibility index (Phi) is 3.81. The minimum absolute atomic E-state index is 0.0364. The zero-order valence-electron chi connectivity index (χ0n) is 13.8. The quantitative estimate of drug-likeness (QED) is 0.640. The van der Waals surface area contributed by atoms with Gasteiger partial charge >= 0.3 is 5.69 Å². The number of rotatable bonds is 6. The number of hydrogen-bond acceptors (Lipinski definition) is 4. The monoisotopic (exact) mass is 332 g/mol. The van der Waals surface area contributed by atoms with Crippen molar-refractivity contribution in [2.45, 2.75) is 51.5 Å². The van der Waals surface area contributed by atoms with E-state index in [1.54, 1.807) is 0 Å². The summed E-state index contributed by atoms with van der Waals surface area (Å²) >= 11 is 0. The van der Waals surface area contributed by atoms with Crippen molar-refractivity contribution in [3.8, 4) is 0 Å². The number of carbonyl (C=O) groups is 1. The third-order valence-corrected chi connectivity index (χ3v) is 6.28. The van der Waals surface area contributed by atoms with Crippen LogP contribution in [-0.2, 0) is 11.3 Å². The lowest BCUT2D eigenvalue weighted by atomic mass is 9.49. The van der Waals surface area contributed by atoms with Crippen LogP contribution in [0.25, 0.3) is 0 Å². The van der Waals surface area contributed by atoms with E-state index in [-0.39, 0.29) is 18.1 Å². The number of nitrogens with zero attached hydrogens (tertiary/aromatic N) is 3. The van der Waals surface area contributed by atoms with Crippen LogP contribution >= 0.6 is 0 Å². The molecular weight excluding hydrogens is 308 g/mol. The highest BCUT2D eigenvalue weighted by molar-refractivity contribution is 5.75. The Morgan fingerprint density at radius 2 is 1.92 bits per heavy atom. The molecule has 130 valence electrons. The van der Waals surface area contributed by atoms with Gasteiger partial charge in [-0.3, -0.25) is 19.6 Å². The molecular formula is C17H24N4O3. The summed E-state index contributed by atoms with van der Waals surface area (Å²) in [4.78, 5) is 22.2. The predicted molar refractivity (Wildman–Crippen MR) is 87.1 cm³/mol. The summed E-state index contributed by atoms with van der Waals surface area (Å²) in [5.41, 5.74) is 0.378. The van der Waals surface area contributed by atoms with Gasteiger partial charge < -0.3 is 5.32 Å². The van der Waals surface area contributed by atoms with E-state index in [9.17, 15) is 14.9 Å². The molecule has 0 radical (unpaired) electrons. The van der Waals surface area contributed by atoms with E-state index in [0.29, 0.717) is 12.0 Å². The van der Waals surface area contributed by atoms with E-state index in [4.69, 9.17) is 0 Å². The summed E-state index contributed by atoms with van der Waals surface area (Å²) in [5, 5.41) is 17.5. The standard InChI is InChI=1S/C17H24N4O3/c22-16(11-20-10-15(9-19-20)21(23)24)18-2-1-17-6-12-3-13(7-17)5-14(4-12)8-17/h9-10,12-14H,1-8,11H2,(H,18,22). The fourth-order valence-electron chi connectivity index (χ4n) is 5.80. The zero-order chi connectivity index (χ0) is 16.7. The van der Waals surface area contributed by atoms with Crippen LogP contribution in [0, 0.1) is 33.3 Å². The lowest BCUT2D eigenvalue weighted by Crippen LogP contribution is -2.47. The van der Waals surface area contributed by atoms with Crippen molar-refractivity contribution in [1.29, 1.82) is 0 Å². The van der Waals surface area contributed by atoms with Gasteiger partial charge in [-0.05, 0) is 68.1 Å². The first-order valence-electron chi connectivity index (χ1n) is 8.95. The molecule has 1 heterocycles.